The molecule has 3 N–H and O–H groups in total. The molecular weight excluding hydrogens is 372 g/mol. The quantitative estimate of drug-likeness (QED) is 0.840. The molecule has 2 rings (SSSR count). The van der Waals surface area contributed by atoms with E-state index in [1.54, 1.807) is 12.1 Å². The third-order valence-corrected chi connectivity index (χ3v) is 3.77. The van der Waals surface area contributed by atoms with Crippen molar-refractivity contribution < 1.29 is 4.79 Å². The normalized spacial score (nSPS) is 10.2. The second-order valence-electron chi connectivity index (χ2n) is 4.04. The Labute approximate surface area is 128 Å². The first-order valence-electron chi connectivity index (χ1n) is 5.64. The molecule has 0 unspecified atom stereocenters. The van der Waals surface area contributed by atoms with Crippen molar-refractivity contribution in [3.8, 4) is 0 Å². The predicted molar refractivity (Wildman–Crippen MR) is 84.1 cm³/mol. The number of nitrogens with two attached hydrogens (primary N) is 1. The number of rotatable bonds is 4. The first kappa shape index (κ1) is 14.1. The summed E-state index contributed by atoms with van der Waals surface area (Å²) in [5.74, 6) is -0.410. The molecule has 19 heavy (non-hydrogen) atoms. The Bertz CT molecular complexity index is 614. The minimum atomic E-state index is -0.410. The summed E-state index contributed by atoms with van der Waals surface area (Å²) >= 11 is 6.90. The maximum Gasteiger partial charge on any atom is 0.248 e. The van der Waals surface area contributed by atoms with Crippen molar-refractivity contribution in [2.24, 2.45) is 5.73 Å². The maximum absolute atomic E-state index is 11.1. The van der Waals surface area contributed by atoms with Gasteiger partial charge in [0, 0.05) is 26.7 Å². The van der Waals surface area contributed by atoms with E-state index < -0.39 is 5.91 Å². The second-order valence-corrected chi connectivity index (χ2v) is 5.81. The lowest BCUT2D eigenvalue weighted by atomic mass is 10.1. The van der Waals surface area contributed by atoms with Crippen LogP contribution in [0.4, 0.5) is 5.69 Å². The average molecular weight is 384 g/mol. The number of nitrogens with one attached hydrogen (secondary N) is 1. The fraction of sp³-hybridized carbons (Fsp3) is 0.0714. The number of halogens is 2. The molecule has 0 saturated heterocycles. The summed E-state index contributed by atoms with van der Waals surface area (Å²) in [6.45, 7) is 0.626. The zero-order valence-electron chi connectivity index (χ0n) is 9.99. The first-order chi connectivity index (χ1) is 9.06. The Morgan fingerprint density at radius 1 is 1.16 bits per heavy atom. The van der Waals surface area contributed by atoms with Crippen molar-refractivity contribution in [2.75, 3.05) is 5.32 Å². The van der Waals surface area contributed by atoms with Crippen molar-refractivity contribution in [2.45, 2.75) is 6.54 Å². The molecule has 3 nitrogen and oxygen atoms in total. The molecule has 0 saturated carbocycles. The van der Waals surface area contributed by atoms with E-state index in [2.05, 4.69) is 37.2 Å². The number of anilines is 1. The first-order valence-corrected chi connectivity index (χ1v) is 7.22. The summed E-state index contributed by atoms with van der Waals surface area (Å²) in [7, 11) is 0. The molecule has 0 atom stereocenters. The molecule has 0 aliphatic carbocycles. The largest absolute Gasteiger partial charge is 0.380 e. The lowest BCUT2D eigenvalue weighted by Crippen LogP contribution is -2.11. The van der Waals surface area contributed by atoms with E-state index in [9.17, 15) is 4.79 Å². The molecule has 0 bridgehead atoms. The van der Waals surface area contributed by atoms with Gasteiger partial charge in [-0.25, -0.2) is 0 Å². The minimum absolute atomic E-state index is 0.410. The number of hydrogen-bond acceptors (Lipinski definition) is 2. The zero-order valence-corrected chi connectivity index (χ0v) is 13.2. The summed E-state index contributed by atoms with van der Waals surface area (Å²) in [6.07, 6.45) is 0. The Kier molecular flexibility index (Phi) is 4.61. The molecule has 0 aliphatic heterocycles. The standard InChI is InChI=1S/C14H12Br2N2O/c15-11-4-5-13(12(16)7-11)18-8-9-2-1-3-10(6-9)14(17)19/h1-7,18H,8H2,(H2,17,19). The lowest BCUT2D eigenvalue weighted by Gasteiger charge is -2.09. The maximum atomic E-state index is 11.1. The van der Waals surface area contributed by atoms with E-state index in [1.807, 2.05) is 30.3 Å². The van der Waals surface area contributed by atoms with E-state index in [0.29, 0.717) is 12.1 Å². The van der Waals surface area contributed by atoms with E-state index >= 15 is 0 Å². The number of amides is 1. The van der Waals surface area contributed by atoms with Crippen LogP contribution in [-0.4, -0.2) is 5.91 Å². The van der Waals surface area contributed by atoms with Gasteiger partial charge in [-0.3, -0.25) is 4.79 Å². The number of carbonyl (C=O) groups excluding carboxylic acids is 1. The number of benzene rings is 2. The number of carbonyl (C=O) groups is 1. The smallest absolute Gasteiger partial charge is 0.248 e. The third kappa shape index (κ3) is 3.81. The molecule has 0 heterocycles. The molecule has 0 spiro atoms. The highest BCUT2D eigenvalue weighted by Crippen LogP contribution is 2.26. The molecule has 2 aromatic rings. The van der Waals surface area contributed by atoms with Gasteiger partial charge in [0.15, 0.2) is 0 Å². The van der Waals surface area contributed by atoms with Crippen molar-refractivity contribution in [3.63, 3.8) is 0 Å². The summed E-state index contributed by atoms with van der Waals surface area (Å²) in [5.41, 5.74) is 7.78. The summed E-state index contributed by atoms with van der Waals surface area (Å²) in [4.78, 5) is 11.1. The van der Waals surface area contributed by atoms with Gasteiger partial charge in [-0.05, 0) is 51.8 Å². The van der Waals surface area contributed by atoms with Crippen LogP contribution in [0.3, 0.4) is 0 Å². The monoisotopic (exact) mass is 382 g/mol. The highest BCUT2D eigenvalue weighted by atomic mass is 79.9. The molecular formula is C14H12Br2N2O. The Hall–Kier alpha value is -1.33. The van der Waals surface area contributed by atoms with E-state index in [-0.39, 0.29) is 0 Å². The van der Waals surface area contributed by atoms with Crippen molar-refractivity contribution in [1.29, 1.82) is 0 Å². The second kappa shape index (κ2) is 6.21. The Morgan fingerprint density at radius 3 is 2.63 bits per heavy atom. The molecule has 98 valence electrons. The van der Waals surface area contributed by atoms with Crippen LogP contribution in [0, 0.1) is 0 Å². The summed E-state index contributed by atoms with van der Waals surface area (Å²) < 4.78 is 1.99. The van der Waals surface area contributed by atoms with Gasteiger partial charge in [-0.15, -0.1) is 0 Å². The van der Waals surface area contributed by atoms with Gasteiger partial charge in [-0.1, -0.05) is 28.1 Å². The highest BCUT2D eigenvalue weighted by molar-refractivity contribution is 9.11. The third-order valence-electron chi connectivity index (χ3n) is 2.63. The van der Waals surface area contributed by atoms with Crippen LogP contribution in [0.25, 0.3) is 0 Å². The predicted octanol–water partition coefficient (Wildman–Crippen LogP) is 3.92. The topological polar surface area (TPSA) is 55.1 Å². The molecule has 0 aromatic heterocycles. The summed E-state index contributed by atoms with van der Waals surface area (Å²) in [6, 6.07) is 13.2. The summed E-state index contributed by atoms with van der Waals surface area (Å²) in [5, 5.41) is 3.30. The molecule has 5 heteroatoms. The molecule has 2 aromatic carbocycles. The van der Waals surface area contributed by atoms with Crippen molar-refractivity contribution >= 4 is 43.5 Å². The molecule has 1 amide bonds. The van der Waals surface area contributed by atoms with Crippen LogP contribution in [0.1, 0.15) is 15.9 Å². The fourth-order valence-corrected chi connectivity index (χ4v) is 2.85. The number of hydrogen-bond donors (Lipinski definition) is 2. The van der Waals surface area contributed by atoms with E-state index in [1.165, 1.54) is 0 Å². The Balaban J connectivity index is 2.10. The lowest BCUT2D eigenvalue weighted by molar-refractivity contribution is 0.1000. The number of primary amides is 1. The van der Waals surface area contributed by atoms with Gasteiger partial charge >= 0.3 is 0 Å². The van der Waals surface area contributed by atoms with Crippen LogP contribution < -0.4 is 11.1 Å². The van der Waals surface area contributed by atoms with Gasteiger partial charge in [0.05, 0.1) is 0 Å². The van der Waals surface area contributed by atoms with Gasteiger partial charge in [0.1, 0.15) is 0 Å². The van der Waals surface area contributed by atoms with Crippen LogP contribution >= 0.6 is 31.9 Å². The minimum Gasteiger partial charge on any atom is -0.380 e. The van der Waals surface area contributed by atoms with Crippen molar-refractivity contribution in [3.05, 3.63) is 62.5 Å². The van der Waals surface area contributed by atoms with Crippen LogP contribution in [0.5, 0.6) is 0 Å². The van der Waals surface area contributed by atoms with E-state index in [0.717, 1.165) is 20.2 Å². The van der Waals surface area contributed by atoms with Crippen LogP contribution in [0.15, 0.2) is 51.4 Å². The van der Waals surface area contributed by atoms with Gasteiger partial charge in [-0.2, -0.15) is 0 Å². The zero-order chi connectivity index (χ0) is 13.8. The fourth-order valence-electron chi connectivity index (χ4n) is 1.66. The van der Waals surface area contributed by atoms with Crippen LogP contribution in [0.2, 0.25) is 0 Å². The molecule has 0 radical (unpaired) electrons. The van der Waals surface area contributed by atoms with Crippen LogP contribution in [-0.2, 0) is 6.54 Å². The molecule has 0 aliphatic rings. The van der Waals surface area contributed by atoms with Gasteiger partial charge in [0.25, 0.3) is 0 Å². The SMILES string of the molecule is NC(=O)c1cccc(CNc2ccc(Br)cc2Br)c1. The Morgan fingerprint density at radius 2 is 1.95 bits per heavy atom. The van der Waals surface area contributed by atoms with Gasteiger partial charge in [0.2, 0.25) is 5.91 Å². The van der Waals surface area contributed by atoms with E-state index in [4.69, 9.17) is 5.73 Å². The van der Waals surface area contributed by atoms with Gasteiger partial charge < -0.3 is 11.1 Å². The highest BCUT2D eigenvalue weighted by Gasteiger charge is 2.03. The molecule has 0 fully saturated rings. The average Bonchev–Trinajstić information content (AvgIpc) is 2.38. The van der Waals surface area contributed by atoms with Crippen molar-refractivity contribution in [1.82, 2.24) is 0 Å².